The van der Waals surface area contributed by atoms with Crippen molar-refractivity contribution in [2.75, 3.05) is 6.61 Å². The predicted octanol–water partition coefficient (Wildman–Crippen LogP) is 2.83. The lowest BCUT2D eigenvalue weighted by atomic mass is 10.1. The summed E-state index contributed by atoms with van der Waals surface area (Å²) in [4.78, 5) is 0. The average molecular weight is 245 g/mol. The Hall–Kier alpha value is 0.0938. The number of hydrogen-bond acceptors (Lipinski definition) is 2. The Bertz CT molecular complexity index is 207. The highest BCUT2D eigenvalue weighted by Gasteiger charge is 2.16. The second-order valence-electron chi connectivity index (χ2n) is 5.21. The molecule has 0 aromatic carbocycles. The molecule has 0 aliphatic rings. The van der Waals surface area contributed by atoms with E-state index in [2.05, 4.69) is 38.4 Å². The summed E-state index contributed by atoms with van der Waals surface area (Å²) in [5, 5.41) is 9.88. The van der Waals surface area contributed by atoms with Crippen molar-refractivity contribution in [3.05, 3.63) is 11.3 Å². The maximum Gasteiger partial charge on any atom is 0.205 e. The average Bonchev–Trinajstić information content (AvgIpc) is 2.08. The fourth-order valence-electron chi connectivity index (χ4n) is 1.28. The molecule has 1 N–H and O–H groups in total. The maximum atomic E-state index is 9.88. The number of aliphatic hydroxyl groups is 1. The maximum absolute atomic E-state index is 9.88. The number of aliphatic hydroxyl groups excluding tert-OH is 1. The molecule has 4 heteroatoms. The van der Waals surface area contributed by atoms with Crippen molar-refractivity contribution in [2.45, 2.75) is 52.2 Å². The first-order valence-electron chi connectivity index (χ1n) is 5.59. The van der Waals surface area contributed by atoms with Crippen LogP contribution in [0.2, 0.25) is 32.7 Å². The van der Waals surface area contributed by atoms with Crippen molar-refractivity contribution in [1.82, 2.24) is 0 Å². The van der Waals surface area contributed by atoms with Crippen molar-refractivity contribution in [3.8, 4) is 0 Å². The normalized spacial score (nSPS) is 15.9. The molecule has 2 nitrogen and oxygen atoms in total. The molecular formula is C11H25O2Si2. The molecule has 0 fully saturated rings. The topological polar surface area (TPSA) is 29.5 Å². The summed E-state index contributed by atoms with van der Waals surface area (Å²) in [6.45, 7) is 13.7. The zero-order chi connectivity index (χ0) is 12.1. The van der Waals surface area contributed by atoms with E-state index in [0.717, 1.165) is 12.0 Å². The van der Waals surface area contributed by atoms with Crippen molar-refractivity contribution in [3.63, 3.8) is 0 Å². The van der Waals surface area contributed by atoms with Gasteiger partial charge in [0.1, 0.15) is 0 Å². The molecule has 0 saturated carbocycles. The van der Waals surface area contributed by atoms with E-state index in [1.165, 1.54) is 0 Å². The Morgan fingerprint density at radius 2 is 1.93 bits per heavy atom. The van der Waals surface area contributed by atoms with Gasteiger partial charge in [-0.3, -0.25) is 0 Å². The Kier molecular flexibility index (Phi) is 6.67. The third-order valence-corrected chi connectivity index (χ3v) is 3.92. The molecule has 0 aromatic rings. The fraction of sp³-hybridized carbons (Fsp3) is 0.818. The predicted molar refractivity (Wildman–Crippen MR) is 71.2 cm³/mol. The van der Waals surface area contributed by atoms with Crippen molar-refractivity contribution < 1.29 is 9.53 Å². The molecule has 1 radical (unpaired) electrons. The molecule has 0 rings (SSSR count). The summed E-state index contributed by atoms with van der Waals surface area (Å²) in [7, 11) is -1.92. The van der Waals surface area contributed by atoms with Gasteiger partial charge in [-0.15, -0.1) is 0 Å². The molecule has 0 aliphatic carbocycles. The van der Waals surface area contributed by atoms with Crippen LogP contribution in [-0.2, 0) is 4.43 Å². The Balaban J connectivity index is 4.52. The van der Waals surface area contributed by atoms with Gasteiger partial charge in [0.25, 0.3) is 0 Å². The van der Waals surface area contributed by atoms with E-state index in [-0.39, 0.29) is 6.10 Å². The summed E-state index contributed by atoms with van der Waals surface area (Å²) in [5.41, 5.74) is 3.36. The van der Waals surface area contributed by atoms with E-state index in [9.17, 15) is 5.11 Å². The highest BCUT2D eigenvalue weighted by atomic mass is 28.3. The summed E-state index contributed by atoms with van der Waals surface area (Å²) in [6.07, 6.45) is 0.452. The van der Waals surface area contributed by atoms with Gasteiger partial charge in [-0.1, -0.05) is 32.3 Å². The summed E-state index contributed by atoms with van der Waals surface area (Å²) < 4.78 is 5.67. The summed E-state index contributed by atoms with van der Waals surface area (Å²) >= 11 is 0. The first-order valence-corrected chi connectivity index (χ1v) is 11.6. The number of rotatable bonds is 6. The van der Waals surface area contributed by atoms with E-state index in [4.69, 9.17) is 4.43 Å². The standard InChI is InChI=1S/C11H25O2Si2/c1-7-11(12)10(8-13-14(2)3)9-15(4,5)6/h9,11-12H,7-8H2,1-6H3. The third kappa shape index (κ3) is 7.96. The molecule has 0 aliphatic heterocycles. The Labute approximate surface area is 97.1 Å². The van der Waals surface area contributed by atoms with Crippen LogP contribution in [0.15, 0.2) is 11.3 Å². The third-order valence-electron chi connectivity index (χ3n) is 1.96. The van der Waals surface area contributed by atoms with Crippen molar-refractivity contribution in [1.29, 1.82) is 0 Å². The van der Waals surface area contributed by atoms with Gasteiger partial charge < -0.3 is 9.53 Å². The zero-order valence-electron chi connectivity index (χ0n) is 10.9. The van der Waals surface area contributed by atoms with Gasteiger partial charge in [-0.05, 0) is 25.1 Å². The molecular weight excluding hydrogens is 220 g/mol. The zero-order valence-corrected chi connectivity index (χ0v) is 12.9. The minimum atomic E-state index is -1.26. The summed E-state index contributed by atoms with van der Waals surface area (Å²) in [5.74, 6) is 0. The Morgan fingerprint density at radius 3 is 2.27 bits per heavy atom. The quantitative estimate of drug-likeness (QED) is 0.729. The van der Waals surface area contributed by atoms with Crippen LogP contribution in [0.1, 0.15) is 13.3 Å². The van der Waals surface area contributed by atoms with Gasteiger partial charge in [-0.2, -0.15) is 0 Å². The van der Waals surface area contributed by atoms with Crippen molar-refractivity contribution >= 4 is 17.1 Å². The number of hydrogen-bond donors (Lipinski definition) is 1. The van der Waals surface area contributed by atoms with E-state index in [0.29, 0.717) is 6.61 Å². The second-order valence-corrected chi connectivity index (χ2v) is 12.3. The fourth-order valence-corrected chi connectivity index (χ4v) is 3.12. The van der Waals surface area contributed by atoms with Gasteiger partial charge in [0.05, 0.1) is 20.8 Å². The molecule has 89 valence electrons. The lowest BCUT2D eigenvalue weighted by molar-refractivity contribution is 0.188. The van der Waals surface area contributed by atoms with E-state index in [1.54, 1.807) is 0 Å². The van der Waals surface area contributed by atoms with Crippen LogP contribution in [0.4, 0.5) is 0 Å². The van der Waals surface area contributed by atoms with Crippen LogP contribution in [0.25, 0.3) is 0 Å². The van der Waals surface area contributed by atoms with Crippen molar-refractivity contribution in [2.24, 2.45) is 0 Å². The molecule has 0 amide bonds. The van der Waals surface area contributed by atoms with Crippen LogP contribution in [-0.4, -0.2) is 34.9 Å². The van der Waals surface area contributed by atoms with E-state index in [1.807, 2.05) is 6.92 Å². The van der Waals surface area contributed by atoms with Crippen LogP contribution < -0.4 is 0 Å². The molecule has 0 saturated heterocycles. The monoisotopic (exact) mass is 245 g/mol. The molecule has 1 atom stereocenters. The van der Waals surface area contributed by atoms with Crippen LogP contribution in [0.3, 0.4) is 0 Å². The van der Waals surface area contributed by atoms with Gasteiger partial charge in [0.2, 0.25) is 9.04 Å². The smallest absolute Gasteiger partial charge is 0.205 e. The molecule has 0 aromatic heterocycles. The van der Waals surface area contributed by atoms with Gasteiger partial charge in [0.15, 0.2) is 0 Å². The van der Waals surface area contributed by atoms with Crippen LogP contribution in [0.5, 0.6) is 0 Å². The summed E-state index contributed by atoms with van der Waals surface area (Å²) in [6, 6.07) is 0. The minimum Gasteiger partial charge on any atom is -0.413 e. The molecule has 1 unspecified atom stereocenters. The van der Waals surface area contributed by atoms with Gasteiger partial charge in [-0.25, -0.2) is 0 Å². The minimum absolute atomic E-state index is 0.321. The second kappa shape index (κ2) is 6.63. The van der Waals surface area contributed by atoms with Crippen LogP contribution >= 0.6 is 0 Å². The highest BCUT2D eigenvalue weighted by molar-refractivity contribution is 6.81. The Morgan fingerprint density at radius 1 is 1.40 bits per heavy atom. The molecule has 15 heavy (non-hydrogen) atoms. The first-order chi connectivity index (χ1) is 6.76. The van der Waals surface area contributed by atoms with E-state index >= 15 is 0 Å². The van der Waals surface area contributed by atoms with Crippen LogP contribution in [0, 0.1) is 0 Å². The molecule has 0 bridgehead atoms. The lowest BCUT2D eigenvalue weighted by Gasteiger charge is -2.19. The molecule has 0 spiro atoms. The molecule has 0 heterocycles. The SMILES string of the molecule is CCC(O)C(=C[Si](C)(C)C)CO[Si](C)C. The van der Waals surface area contributed by atoms with Gasteiger partial charge >= 0.3 is 0 Å². The highest BCUT2D eigenvalue weighted by Crippen LogP contribution is 2.13. The van der Waals surface area contributed by atoms with E-state index < -0.39 is 17.1 Å². The van der Waals surface area contributed by atoms with Gasteiger partial charge in [0, 0.05) is 0 Å². The first kappa shape index (κ1) is 15.1. The lowest BCUT2D eigenvalue weighted by Crippen LogP contribution is -2.24. The largest absolute Gasteiger partial charge is 0.413 e.